The van der Waals surface area contributed by atoms with Crippen LogP contribution < -0.4 is 9.64 Å². The van der Waals surface area contributed by atoms with E-state index in [1.807, 2.05) is 60.4 Å². The summed E-state index contributed by atoms with van der Waals surface area (Å²) in [6.07, 6.45) is 8.51. The molecule has 0 atom stereocenters. The summed E-state index contributed by atoms with van der Waals surface area (Å²) in [6.45, 7) is 5.14. The molecule has 1 aromatic carbocycles. The Balaban J connectivity index is 1.14. The van der Waals surface area contributed by atoms with Gasteiger partial charge in [0.25, 0.3) is 5.78 Å². The number of ether oxygens (including phenoxy) is 1. The number of nitrogens with zero attached hydrogens (tertiary/aromatic N) is 7. The Morgan fingerprint density at radius 1 is 1.12 bits per heavy atom. The van der Waals surface area contributed by atoms with Crippen LogP contribution in [0.15, 0.2) is 67.3 Å². The van der Waals surface area contributed by atoms with Gasteiger partial charge in [0.15, 0.2) is 0 Å². The average molecular weight is 456 g/mol. The lowest BCUT2D eigenvalue weighted by atomic mass is 10.2. The molecule has 34 heavy (non-hydrogen) atoms. The van der Waals surface area contributed by atoms with Crippen LogP contribution >= 0.6 is 0 Å². The van der Waals surface area contributed by atoms with Gasteiger partial charge in [0.1, 0.15) is 24.5 Å². The zero-order valence-corrected chi connectivity index (χ0v) is 18.9. The number of carbonyl (C=O) groups is 1. The number of piperazine rings is 1. The highest BCUT2D eigenvalue weighted by Gasteiger charge is 2.22. The van der Waals surface area contributed by atoms with E-state index in [0.29, 0.717) is 25.5 Å². The minimum Gasteiger partial charge on any atom is -0.489 e. The lowest BCUT2D eigenvalue weighted by Gasteiger charge is -2.35. The lowest BCUT2D eigenvalue weighted by Crippen LogP contribution is -2.48. The van der Waals surface area contributed by atoms with E-state index in [4.69, 9.17) is 4.74 Å². The molecule has 0 N–H and O–H groups in total. The molecular weight excluding hydrogens is 430 g/mol. The maximum absolute atomic E-state index is 12.7. The van der Waals surface area contributed by atoms with Crippen molar-refractivity contribution in [3.8, 4) is 5.75 Å². The second-order valence-corrected chi connectivity index (χ2v) is 8.09. The first-order valence-electron chi connectivity index (χ1n) is 11.2. The van der Waals surface area contributed by atoms with Crippen LogP contribution in [0.3, 0.4) is 0 Å². The molecule has 172 valence electrons. The van der Waals surface area contributed by atoms with E-state index in [-0.39, 0.29) is 5.91 Å². The average Bonchev–Trinajstić information content (AvgIpc) is 3.35. The van der Waals surface area contributed by atoms with Crippen molar-refractivity contribution in [1.82, 2.24) is 29.5 Å². The second-order valence-electron chi connectivity index (χ2n) is 8.09. The molecule has 1 amide bonds. The third-order valence-corrected chi connectivity index (χ3v) is 5.70. The van der Waals surface area contributed by atoms with Crippen molar-refractivity contribution >= 4 is 23.6 Å². The van der Waals surface area contributed by atoms with Crippen LogP contribution in [-0.2, 0) is 11.4 Å². The molecule has 1 saturated heterocycles. The molecule has 4 aromatic rings. The summed E-state index contributed by atoms with van der Waals surface area (Å²) in [4.78, 5) is 29.5. The van der Waals surface area contributed by atoms with Gasteiger partial charge in [-0.05, 0) is 36.8 Å². The molecule has 1 fully saturated rings. The van der Waals surface area contributed by atoms with Gasteiger partial charge in [0.2, 0.25) is 5.91 Å². The predicted octanol–water partition coefficient (Wildman–Crippen LogP) is 2.77. The molecule has 0 spiro atoms. The summed E-state index contributed by atoms with van der Waals surface area (Å²) in [6, 6.07) is 13.6. The zero-order chi connectivity index (χ0) is 23.3. The number of hydrogen-bond donors (Lipinski definition) is 0. The topological polar surface area (TPSA) is 88.8 Å². The van der Waals surface area contributed by atoms with E-state index in [0.717, 1.165) is 41.5 Å². The first-order chi connectivity index (χ1) is 16.7. The largest absolute Gasteiger partial charge is 0.489 e. The molecule has 0 radical (unpaired) electrons. The van der Waals surface area contributed by atoms with Crippen molar-refractivity contribution < 1.29 is 9.53 Å². The monoisotopic (exact) mass is 455 g/mol. The Morgan fingerprint density at radius 3 is 2.71 bits per heavy atom. The summed E-state index contributed by atoms with van der Waals surface area (Å²) in [5.74, 6) is 2.32. The molecule has 3 aromatic heterocycles. The molecular formula is C25H25N7O2. The smallest absolute Gasteiger partial charge is 0.254 e. The quantitative estimate of drug-likeness (QED) is 0.413. The summed E-state index contributed by atoms with van der Waals surface area (Å²) < 4.78 is 7.53. The number of anilines is 1. The summed E-state index contributed by atoms with van der Waals surface area (Å²) in [5.41, 5.74) is 2.86. The number of amides is 1. The number of carbonyl (C=O) groups excluding carboxylic acids is 1. The van der Waals surface area contributed by atoms with Gasteiger partial charge >= 0.3 is 0 Å². The molecule has 5 rings (SSSR count). The third kappa shape index (κ3) is 4.88. The SMILES string of the molecule is Cc1cc(N2CCN(C(=O)/C=C/c3ccc(OCc4cccnc4)cc3)CC2)n2ncnc2n1. The normalized spacial score (nSPS) is 14.1. The summed E-state index contributed by atoms with van der Waals surface area (Å²) in [5, 5.41) is 4.28. The van der Waals surface area contributed by atoms with Crippen LogP contribution in [0.1, 0.15) is 16.8 Å². The minimum atomic E-state index is 0.00775. The van der Waals surface area contributed by atoms with Crippen molar-refractivity contribution in [2.24, 2.45) is 0 Å². The van der Waals surface area contributed by atoms with Crippen molar-refractivity contribution in [1.29, 1.82) is 0 Å². The van der Waals surface area contributed by atoms with Gasteiger partial charge in [-0.15, -0.1) is 0 Å². The maximum Gasteiger partial charge on any atom is 0.254 e. The van der Waals surface area contributed by atoms with Crippen LogP contribution in [0.2, 0.25) is 0 Å². The highest BCUT2D eigenvalue weighted by Crippen LogP contribution is 2.19. The molecule has 0 saturated carbocycles. The highest BCUT2D eigenvalue weighted by molar-refractivity contribution is 5.92. The molecule has 1 aliphatic rings. The summed E-state index contributed by atoms with van der Waals surface area (Å²) in [7, 11) is 0. The molecule has 9 heteroatoms. The maximum atomic E-state index is 12.7. The molecule has 4 heterocycles. The number of aromatic nitrogens is 5. The fourth-order valence-corrected chi connectivity index (χ4v) is 3.89. The van der Waals surface area contributed by atoms with Crippen molar-refractivity contribution in [2.45, 2.75) is 13.5 Å². The number of rotatable bonds is 6. The molecule has 0 aliphatic carbocycles. The van der Waals surface area contributed by atoms with Gasteiger partial charge in [-0.1, -0.05) is 18.2 Å². The van der Waals surface area contributed by atoms with Crippen molar-refractivity contribution in [2.75, 3.05) is 31.1 Å². The number of aryl methyl sites for hydroxylation is 1. The van der Waals surface area contributed by atoms with E-state index in [1.165, 1.54) is 6.33 Å². The molecule has 9 nitrogen and oxygen atoms in total. The lowest BCUT2D eigenvalue weighted by molar-refractivity contribution is -0.126. The van der Waals surface area contributed by atoms with Crippen LogP contribution in [0, 0.1) is 6.92 Å². The van der Waals surface area contributed by atoms with Gasteiger partial charge in [-0.25, -0.2) is 4.98 Å². The van der Waals surface area contributed by atoms with E-state index in [9.17, 15) is 4.79 Å². The van der Waals surface area contributed by atoms with Crippen LogP contribution in [0.25, 0.3) is 11.9 Å². The fraction of sp³-hybridized carbons (Fsp3) is 0.240. The Hall–Kier alpha value is -4.27. The predicted molar refractivity (Wildman–Crippen MR) is 128 cm³/mol. The number of pyridine rings is 1. The Labute approximate surface area is 197 Å². The molecule has 1 aliphatic heterocycles. The number of fused-ring (bicyclic) bond motifs is 1. The summed E-state index contributed by atoms with van der Waals surface area (Å²) >= 11 is 0. The fourth-order valence-electron chi connectivity index (χ4n) is 3.89. The van der Waals surface area contributed by atoms with Gasteiger partial charge in [0, 0.05) is 62.0 Å². The first kappa shape index (κ1) is 21.6. The van der Waals surface area contributed by atoms with Crippen molar-refractivity contribution in [3.05, 3.63) is 84.1 Å². The van der Waals surface area contributed by atoms with Crippen molar-refractivity contribution in [3.63, 3.8) is 0 Å². The van der Waals surface area contributed by atoms with E-state index in [1.54, 1.807) is 23.0 Å². The number of benzene rings is 1. The van der Waals surface area contributed by atoms with E-state index >= 15 is 0 Å². The minimum absolute atomic E-state index is 0.00775. The Bertz CT molecular complexity index is 1290. The number of hydrogen-bond acceptors (Lipinski definition) is 7. The van der Waals surface area contributed by atoms with Crippen LogP contribution in [0.5, 0.6) is 5.75 Å². The van der Waals surface area contributed by atoms with E-state index < -0.39 is 0 Å². The van der Waals surface area contributed by atoms with Crippen LogP contribution in [0.4, 0.5) is 5.82 Å². The van der Waals surface area contributed by atoms with Gasteiger partial charge in [0.05, 0.1) is 0 Å². The second kappa shape index (κ2) is 9.70. The van der Waals surface area contributed by atoms with Gasteiger partial charge in [-0.2, -0.15) is 14.6 Å². The van der Waals surface area contributed by atoms with Gasteiger partial charge < -0.3 is 14.5 Å². The van der Waals surface area contributed by atoms with Crippen LogP contribution in [-0.4, -0.2) is 61.6 Å². The van der Waals surface area contributed by atoms with E-state index in [2.05, 4.69) is 25.0 Å². The zero-order valence-electron chi connectivity index (χ0n) is 18.9. The molecule has 0 unspecified atom stereocenters. The standard InChI is InChI=1S/C25H25N7O2/c1-19-15-23(32-25(29-19)27-18-28-32)30-11-13-31(14-12-30)24(33)9-6-20-4-7-22(8-5-20)34-17-21-3-2-10-26-16-21/h2-10,15-16,18H,11-14,17H2,1H3/b9-6+. The Morgan fingerprint density at radius 2 is 1.94 bits per heavy atom. The molecule has 0 bridgehead atoms. The third-order valence-electron chi connectivity index (χ3n) is 5.70. The highest BCUT2D eigenvalue weighted by atomic mass is 16.5. The van der Waals surface area contributed by atoms with Gasteiger partial charge in [-0.3, -0.25) is 9.78 Å². The Kier molecular flexibility index (Phi) is 6.15. The first-order valence-corrected chi connectivity index (χ1v) is 11.2.